The van der Waals surface area contributed by atoms with Crippen LogP contribution in [0.2, 0.25) is 0 Å². The van der Waals surface area contributed by atoms with Crippen LogP contribution in [-0.2, 0) is 0 Å². The molecule has 0 aliphatic carbocycles. The highest BCUT2D eigenvalue weighted by Crippen LogP contribution is 2.39. The highest BCUT2D eigenvalue weighted by molar-refractivity contribution is 6.22. The summed E-state index contributed by atoms with van der Waals surface area (Å²) in [5, 5.41) is 3.86. The number of ether oxygens (including phenoxy) is 1. The molecule has 31 heavy (non-hydrogen) atoms. The zero-order valence-corrected chi connectivity index (χ0v) is 18.9. The second kappa shape index (κ2) is 8.07. The van der Waals surface area contributed by atoms with Crippen molar-refractivity contribution in [1.29, 1.82) is 0 Å². The van der Waals surface area contributed by atoms with Crippen LogP contribution in [0.15, 0.2) is 30.5 Å². The van der Waals surface area contributed by atoms with Gasteiger partial charge in [0.05, 0.1) is 23.8 Å². The maximum absolute atomic E-state index is 6.32. The number of nitrogen functional groups attached to an aromatic ring is 2. The molecule has 0 amide bonds. The van der Waals surface area contributed by atoms with E-state index in [2.05, 4.69) is 48.1 Å². The van der Waals surface area contributed by atoms with Gasteiger partial charge in [-0.1, -0.05) is 6.07 Å². The summed E-state index contributed by atoms with van der Waals surface area (Å²) in [6, 6.07) is 8.09. The molecule has 2 aromatic carbocycles. The Hall–Kier alpha value is -3.32. The average Bonchev–Trinajstić information content (AvgIpc) is 2.75. The molecule has 4 rings (SSSR count). The van der Waals surface area contributed by atoms with E-state index in [1.165, 1.54) is 0 Å². The first-order valence-corrected chi connectivity index (χ1v) is 10.4. The van der Waals surface area contributed by atoms with E-state index in [0.29, 0.717) is 11.5 Å². The Morgan fingerprint density at radius 2 is 1.77 bits per heavy atom. The predicted molar refractivity (Wildman–Crippen MR) is 131 cm³/mol. The Labute approximate surface area is 182 Å². The van der Waals surface area contributed by atoms with Crippen LogP contribution in [0.4, 0.5) is 17.2 Å². The highest BCUT2D eigenvalue weighted by atomic mass is 16.5. The van der Waals surface area contributed by atoms with Crippen molar-refractivity contribution in [2.24, 2.45) is 0 Å². The number of hydrogen-bond donors (Lipinski definition) is 2. The number of fused-ring (bicyclic) bond motifs is 5. The molecule has 7 heteroatoms. The van der Waals surface area contributed by atoms with Gasteiger partial charge in [-0.2, -0.15) is 0 Å². The molecule has 0 saturated carbocycles. The van der Waals surface area contributed by atoms with Crippen LogP contribution >= 0.6 is 0 Å². The van der Waals surface area contributed by atoms with Gasteiger partial charge in [-0.3, -0.25) is 4.98 Å². The van der Waals surface area contributed by atoms with Gasteiger partial charge in [0.25, 0.3) is 0 Å². The number of benzene rings is 2. The fourth-order valence-corrected chi connectivity index (χ4v) is 4.14. The molecule has 4 aromatic rings. The van der Waals surface area contributed by atoms with Crippen molar-refractivity contribution in [1.82, 2.24) is 14.9 Å². The van der Waals surface area contributed by atoms with E-state index in [4.69, 9.17) is 21.2 Å². The van der Waals surface area contributed by atoms with Crippen molar-refractivity contribution < 1.29 is 4.74 Å². The van der Waals surface area contributed by atoms with E-state index in [-0.39, 0.29) is 0 Å². The number of methoxy groups -OCH3 is 1. The number of hydrogen-bond acceptors (Lipinski definition) is 7. The smallest absolute Gasteiger partial charge is 0.142 e. The molecule has 0 saturated heterocycles. The summed E-state index contributed by atoms with van der Waals surface area (Å²) in [5.41, 5.74) is 16.8. The second-order valence-electron chi connectivity index (χ2n) is 8.34. The van der Waals surface area contributed by atoms with Crippen LogP contribution in [0.3, 0.4) is 0 Å². The normalized spacial score (nSPS) is 11.7. The summed E-state index contributed by atoms with van der Waals surface area (Å²) in [4.78, 5) is 13.7. The number of aryl methyl sites for hydroxylation is 1. The number of nitrogens with zero attached hydrogens (tertiary/aromatic N) is 4. The third kappa shape index (κ3) is 3.65. The minimum absolute atomic E-state index is 0.453. The Morgan fingerprint density at radius 3 is 2.48 bits per heavy atom. The number of anilines is 3. The predicted octanol–water partition coefficient (Wildman–Crippen LogP) is 3.81. The fraction of sp³-hybridized carbons (Fsp3) is 0.333. The van der Waals surface area contributed by atoms with Crippen LogP contribution in [0, 0.1) is 6.92 Å². The van der Waals surface area contributed by atoms with Crippen molar-refractivity contribution in [3.8, 4) is 5.75 Å². The molecule has 0 fully saturated rings. The standard InChI is InChI=1S/C24H30N6O/c1-14-18(25)8-7-15-22-16-11-21(31-5)20(30(4)10-6-9-29(2)3)12-19(16)27-13-17(22)24(26)28-23(14)15/h7-8,11-13H,6,9-10,25H2,1-5H3,(H2,26,28). The monoisotopic (exact) mass is 418 g/mol. The number of pyridine rings is 2. The molecule has 162 valence electrons. The Bertz CT molecular complexity index is 1280. The Morgan fingerprint density at radius 1 is 1.00 bits per heavy atom. The lowest BCUT2D eigenvalue weighted by atomic mass is 9.99. The van der Waals surface area contributed by atoms with Gasteiger partial charge in [0, 0.05) is 47.0 Å². The zero-order valence-electron chi connectivity index (χ0n) is 18.9. The summed E-state index contributed by atoms with van der Waals surface area (Å²) >= 11 is 0. The van der Waals surface area contributed by atoms with Crippen molar-refractivity contribution in [2.45, 2.75) is 13.3 Å². The first kappa shape index (κ1) is 20.9. The summed E-state index contributed by atoms with van der Waals surface area (Å²) in [6.07, 6.45) is 2.87. The molecule has 0 radical (unpaired) electrons. The van der Waals surface area contributed by atoms with Gasteiger partial charge in [-0.05, 0) is 57.7 Å². The maximum atomic E-state index is 6.32. The zero-order chi connectivity index (χ0) is 22.3. The minimum atomic E-state index is 0.453. The topological polar surface area (TPSA) is 93.5 Å². The lowest BCUT2D eigenvalue weighted by Gasteiger charge is -2.23. The SMILES string of the molecule is COc1cc2c(cc1N(C)CCCN(C)C)ncc1c(N)nc3c(C)c(N)ccc3c12. The van der Waals surface area contributed by atoms with Gasteiger partial charge in [0.1, 0.15) is 11.6 Å². The molecular formula is C24H30N6O. The third-order valence-electron chi connectivity index (χ3n) is 5.93. The average molecular weight is 419 g/mol. The van der Waals surface area contributed by atoms with Gasteiger partial charge in [-0.15, -0.1) is 0 Å². The molecule has 2 aromatic heterocycles. The van der Waals surface area contributed by atoms with E-state index in [0.717, 1.165) is 69.1 Å². The van der Waals surface area contributed by atoms with Gasteiger partial charge in [0.15, 0.2) is 0 Å². The Kier molecular flexibility index (Phi) is 5.45. The molecule has 2 heterocycles. The first-order valence-electron chi connectivity index (χ1n) is 10.4. The van der Waals surface area contributed by atoms with Crippen molar-refractivity contribution in [3.63, 3.8) is 0 Å². The first-order chi connectivity index (χ1) is 14.8. The van der Waals surface area contributed by atoms with Gasteiger partial charge in [-0.25, -0.2) is 4.98 Å². The summed E-state index contributed by atoms with van der Waals surface area (Å²) < 4.78 is 5.79. The van der Waals surface area contributed by atoms with Crippen molar-refractivity contribution >= 4 is 49.8 Å². The van der Waals surface area contributed by atoms with Crippen molar-refractivity contribution in [2.75, 3.05) is 57.7 Å². The Balaban J connectivity index is 1.95. The largest absolute Gasteiger partial charge is 0.495 e. The van der Waals surface area contributed by atoms with Gasteiger partial charge in [0.2, 0.25) is 0 Å². The molecular weight excluding hydrogens is 388 g/mol. The second-order valence-corrected chi connectivity index (χ2v) is 8.34. The molecule has 4 N–H and O–H groups in total. The molecule has 0 bridgehead atoms. The minimum Gasteiger partial charge on any atom is -0.495 e. The third-order valence-corrected chi connectivity index (χ3v) is 5.93. The summed E-state index contributed by atoms with van der Waals surface area (Å²) in [5.74, 6) is 1.26. The van der Waals surface area contributed by atoms with Crippen molar-refractivity contribution in [3.05, 3.63) is 36.0 Å². The van der Waals surface area contributed by atoms with Crippen LogP contribution in [-0.4, -0.2) is 56.2 Å². The molecule has 0 aliphatic rings. The van der Waals surface area contributed by atoms with Gasteiger partial charge >= 0.3 is 0 Å². The fourth-order valence-electron chi connectivity index (χ4n) is 4.14. The van der Waals surface area contributed by atoms with Crippen LogP contribution in [0.1, 0.15) is 12.0 Å². The summed E-state index contributed by atoms with van der Waals surface area (Å²) in [7, 11) is 7.97. The maximum Gasteiger partial charge on any atom is 0.142 e. The van der Waals surface area contributed by atoms with Gasteiger partial charge < -0.3 is 26.0 Å². The number of aromatic nitrogens is 2. The van der Waals surface area contributed by atoms with Crippen LogP contribution < -0.4 is 21.1 Å². The molecule has 0 atom stereocenters. The molecule has 0 spiro atoms. The molecule has 0 unspecified atom stereocenters. The highest BCUT2D eigenvalue weighted by Gasteiger charge is 2.17. The number of rotatable bonds is 6. The van der Waals surface area contributed by atoms with E-state index in [9.17, 15) is 0 Å². The van der Waals surface area contributed by atoms with Crippen LogP contribution in [0.25, 0.3) is 32.6 Å². The van der Waals surface area contributed by atoms with E-state index in [1.807, 2.05) is 25.3 Å². The van der Waals surface area contributed by atoms with E-state index >= 15 is 0 Å². The quantitative estimate of drug-likeness (QED) is 0.363. The van der Waals surface area contributed by atoms with Crippen LogP contribution in [0.5, 0.6) is 5.75 Å². The van der Waals surface area contributed by atoms with E-state index in [1.54, 1.807) is 7.11 Å². The lowest BCUT2D eigenvalue weighted by Crippen LogP contribution is -2.23. The lowest BCUT2D eigenvalue weighted by molar-refractivity contribution is 0.399. The van der Waals surface area contributed by atoms with E-state index < -0.39 is 0 Å². The summed E-state index contributed by atoms with van der Waals surface area (Å²) in [6.45, 7) is 3.93. The molecule has 0 aliphatic heterocycles. The number of nitrogens with two attached hydrogens (primary N) is 2. The molecule has 7 nitrogen and oxygen atoms in total.